The fraction of sp³-hybridized carbons (Fsp3) is 0.231. The third-order valence-electron chi connectivity index (χ3n) is 6.76. The summed E-state index contributed by atoms with van der Waals surface area (Å²) in [6, 6.07) is 13.2. The molecule has 3 aromatic rings. The Bertz CT molecular complexity index is 1350. The summed E-state index contributed by atoms with van der Waals surface area (Å²) in [4.78, 5) is 14.1. The molecule has 0 bridgehead atoms. The van der Waals surface area contributed by atoms with E-state index in [2.05, 4.69) is 6.07 Å². The SMILES string of the molecule is C[C@H]1N(Cc2ccccc2F)[C@@H](C(=O)O)[C@H](c2cccc(Cl)c2F)[C@@]1(C#N)c1ccc(Cl)cc1F. The lowest BCUT2D eigenvalue weighted by Crippen LogP contribution is -2.42. The zero-order valence-corrected chi connectivity index (χ0v) is 19.9. The van der Waals surface area contributed by atoms with Gasteiger partial charge in [0.2, 0.25) is 0 Å². The first-order valence-electron chi connectivity index (χ1n) is 10.7. The summed E-state index contributed by atoms with van der Waals surface area (Å²) in [6.07, 6.45) is 0. The van der Waals surface area contributed by atoms with Gasteiger partial charge in [0.1, 0.15) is 28.9 Å². The molecule has 0 aliphatic carbocycles. The van der Waals surface area contributed by atoms with E-state index in [-0.39, 0.29) is 33.3 Å². The van der Waals surface area contributed by atoms with Gasteiger partial charge in [-0.2, -0.15) is 5.26 Å². The number of likely N-dealkylation sites (tertiary alicyclic amines) is 1. The molecule has 0 spiro atoms. The highest BCUT2D eigenvalue weighted by molar-refractivity contribution is 6.31. The molecule has 4 atom stereocenters. The molecule has 35 heavy (non-hydrogen) atoms. The van der Waals surface area contributed by atoms with Crippen LogP contribution in [-0.4, -0.2) is 28.1 Å². The lowest BCUT2D eigenvalue weighted by atomic mass is 9.65. The lowest BCUT2D eigenvalue weighted by Gasteiger charge is -2.34. The predicted octanol–water partition coefficient (Wildman–Crippen LogP) is 6.31. The number of rotatable bonds is 5. The van der Waals surface area contributed by atoms with Gasteiger partial charge in [-0.3, -0.25) is 9.69 Å². The average Bonchev–Trinajstić information content (AvgIpc) is 3.06. The van der Waals surface area contributed by atoms with Gasteiger partial charge < -0.3 is 5.11 Å². The van der Waals surface area contributed by atoms with Crippen LogP contribution in [0.25, 0.3) is 0 Å². The first kappa shape index (κ1) is 25.1. The van der Waals surface area contributed by atoms with Crippen LogP contribution in [0.4, 0.5) is 13.2 Å². The van der Waals surface area contributed by atoms with Crippen molar-refractivity contribution >= 4 is 29.2 Å². The molecule has 9 heteroatoms. The van der Waals surface area contributed by atoms with Crippen molar-refractivity contribution in [1.82, 2.24) is 4.90 Å². The Morgan fingerprint density at radius 2 is 1.80 bits per heavy atom. The Hall–Kier alpha value is -3.05. The predicted molar refractivity (Wildman–Crippen MR) is 126 cm³/mol. The summed E-state index contributed by atoms with van der Waals surface area (Å²) in [7, 11) is 0. The summed E-state index contributed by atoms with van der Waals surface area (Å²) in [5.41, 5.74) is -1.98. The van der Waals surface area contributed by atoms with Crippen LogP contribution in [-0.2, 0) is 16.8 Å². The molecule has 0 saturated carbocycles. The molecule has 1 fully saturated rings. The number of nitriles is 1. The van der Waals surface area contributed by atoms with Gasteiger partial charge in [-0.15, -0.1) is 0 Å². The minimum Gasteiger partial charge on any atom is -0.480 e. The molecule has 1 aliphatic heterocycles. The number of hydrogen-bond acceptors (Lipinski definition) is 3. The number of benzene rings is 3. The fourth-order valence-electron chi connectivity index (χ4n) is 5.16. The van der Waals surface area contributed by atoms with Gasteiger partial charge in [0, 0.05) is 34.7 Å². The highest BCUT2D eigenvalue weighted by Gasteiger charge is 2.63. The number of aliphatic carboxylic acids is 1. The Morgan fingerprint density at radius 1 is 1.09 bits per heavy atom. The van der Waals surface area contributed by atoms with Gasteiger partial charge in [0.15, 0.2) is 0 Å². The van der Waals surface area contributed by atoms with Crippen LogP contribution in [0, 0.1) is 28.8 Å². The lowest BCUT2D eigenvalue weighted by molar-refractivity contribution is -0.143. The van der Waals surface area contributed by atoms with Gasteiger partial charge in [0.25, 0.3) is 0 Å². The number of hydrogen-bond donors (Lipinski definition) is 1. The molecule has 0 unspecified atom stereocenters. The monoisotopic (exact) mass is 518 g/mol. The Morgan fingerprint density at radius 3 is 2.43 bits per heavy atom. The molecule has 0 amide bonds. The smallest absolute Gasteiger partial charge is 0.321 e. The van der Waals surface area contributed by atoms with E-state index in [1.54, 1.807) is 13.0 Å². The topological polar surface area (TPSA) is 64.3 Å². The van der Waals surface area contributed by atoms with Crippen LogP contribution >= 0.6 is 23.2 Å². The minimum atomic E-state index is -1.88. The summed E-state index contributed by atoms with van der Waals surface area (Å²) in [6.45, 7) is 1.35. The van der Waals surface area contributed by atoms with Gasteiger partial charge in [-0.1, -0.05) is 59.6 Å². The molecular weight excluding hydrogens is 500 g/mol. The maximum absolute atomic E-state index is 15.4. The largest absolute Gasteiger partial charge is 0.480 e. The van der Waals surface area contributed by atoms with Crippen molar-refractivity contribution in [2.75, 3.05) is 0 Å². The molecule has 0 radical (unpaired) electrons. The molecule has 4 nitrogen and oxygen atoms in total. The van der Waals surface area contributed by atoms with Gasteiger partial charge in [-0.05, 0) is 36.8 Å². The van der Waals surface area contributed by atoms with E-state index < -0.39 is 46.8 Å². The van der Waals surface area contributed by atoms with Gasteiger partial charge >= 0.3 is 5.97 Å². The van der Waals surface area contributed by atoms with Gasteiger partial charge in [-0.25, -0.2) is 13.2 Å². The maximum Gasteiger partial charge on any atom is 0.321 e. The first-order valence-corrected chi connectivity index (χ1v) is 11.4. The number of halogens is 5. The van der Waals surface area contributed by atoms with E-state index in [4.69, 9.17) is 23.2 Å². The van der Waals surface area contributed by atoms with Crippen LogP contribution in [0.1, 0.15) is 29.5 Å². The third kappa shape index (κ3) is 4.06. The third-order valence-corrected chi connectivity index (χ3v) is 7.29. The van der Waals surface area contributed by atoms with E-state index in [1.807, 2.05) is 0 Å². The van der Waals surface area contributed by atoms with Crippen LogP contribution in [0.2, 0.25) is 10.0 Å². The zero-order chi connectivity index (χ0) is 25.5. The molecule has 3 aromatic carbocycles. The normalized spacial score (nSPS) is 24.3. The van der Waals surface area contributed by atoms with Crippen molar-refractivity contribution in [2.24, 2.45) is 0 Å². The van der Waals surface area contributed by atoms with Crippen molar-refractivity contribution in [3.8, 4) is 6.07 Å². The Kier molecular flexibility index (Phi) is 6.83. The van der Waals surface area contributed by atoms with Gasteiger partial charge in [0.05, 0.1) is 11.1 Å². The van der Waals surface area contributed by atoms with Crippen LogP contribution < -0.4 is 0 Å². The van der Waals surface area contributed by atoms with Crippen molar-refractivity contribution in [1.29, 1.82) is 5.26 Å². The van der Waals surface area contributed by atoms with E-state index in [1.165, 1.54) is 53.4 Å². The molecule has 4 rings (SSSR count). The van der Waals surface area contributed by atoms with Crippen molar-refractivity contribution in [3.05, 3.63) is 105 Å². The van der Waals surface area contributed by atoms with Crippen LogP contribution in [0.5, 0.6) is 0 Å². The van der Waals surface area contributed by atoms with Crippen molar-refractivity contribution in [2.45, 2.75) is 36.9 Å². The molecule has 0 aromatic heterocycles. The molecule has 1 N–H and O–H groups in total. The quantitative estimate of drug-likeness (QED) is 0.429. The van der Waals surface area contributed by atoms with E-state index in [9.17, 15) is 19.6 Å². The second-order valence-electron chi connectivity index (χ2n) is 8.45. The second kappa shape index (κ2) is 9.54. The Balaban J connectivity index is 2.03. The van der Waals surface area contributed by atoms with Crippen molar-refractivity contribution < 1.29 is 23.1 Å². The molecule has 180 valence electrons. The number of carboxylic acids is 1. The highest BCUT2D eigenvalue weighted by atomic mass is 35.5. The summed E-state index contributed by atoms with van der Waals surface area (Å²) in [5.74, 6) is -5.07. The summed E-state index contributed by atoms with van der Waals surface area (Å²) >= 11 is 12.0. The highest BCUT2D eigenvalue weighted by Crippen LogP contribution is 2.54. The molecule has 1 aliphatic rings. The van der Waals surface area contributed by atoms with E-state index in [0.29, 0.717) is 0 Å². The second-order valence-corrected chi connectivity index (χ2v) is 9.29. The first-order chi connectivity index (χ1) is 16.6. The van der Waals surface area contributed by atoms with Crippen LogP contribution in [0.15, 0.2) is 60.7 Å². The Labute approximate surface area is 210 Å². The number of nitrogens with zero attached hydrogens (tertiary/aromatic N) is 2. The number of carbonyl (C=O) groups is 1. The molecule has 1 heterocycles. The average molecular weight is 519 g/mol. The number of carboxylic acid groups (broad SMARTS) is 1. The van der Waals surface area contributed by atoms with E-state index >= 15 is 8.78 Å². The van der Waals surface area contributed by atoms with E-state index in [0.717, 1.165) is 6.07 Å². The zero-order valence-electron chi connectivity index (χ0n) is 18.4. The maximum atomic E-state index is 15.4. The summed E-state index contributed by atoms with van der Waals surface area (Å²) in [5, 5.41) is 20.7. The molecule has 1 saturated heterocycles. The molecular formula is C26H19Cl2F3N2O2. The standard InChI is InChI=1S/C26H19Cl2F3N2O2/c1-14-26(13-32,18-10-9-16(27)11-21(18)30)22(17-6-4-7-19(28)23(17)31)24(25(34)35)33(14)12-15-5-2-3-8-20(15)29/h2-11,14,22,24H,12H2,1H3,(H,34,35)/t14-,22+,24-,26-/m1/s1. The fourth-order valence-corrected chi connectivity index (χ4v) is 5.50. The summed E-state index contributed by atoms with van der Waals surface area (Å²) < 4.78 is 45.3. The van der Waals surface area contributed by atoms with Crippen LogP contribution in [0.3, 0.4) is 0 Å². The minimum absolute atomic E-state index is 0.0773. The van der Waals surface area contributed by atoms with Crippen molar-refractivity contribution in [3.63, 3.8) is 0 Å².